The van der Waals surface area contributed by atoms with E-state index >= 15 is 0 Å². The maximum Gasteiger partial charge on any atom is 0.410 e. The van der Waals surface area contributed by atoms with Crippen LogP contribution in [-0.2, 0) is 4.74 Å². The molecule has 0 saturated heterocycles. The van der Waals surface area contributed by atoms with Crippen LogP contribution < -0.4 is 15.2 Å². The van der Waals surface area contributed by atoms with E-state index in [1.165, 1.54) is 12.0 Å². The number of fused-ring (bicyclic) bond motifs is 1. The number of carbonyl (C=O) groups excluding carboxylic acids is 1. The van der Waals surface area contributed by atoms with Crippen molar-refractivity contribution in [2.24, 2.45) is 17.1 Å². The van der Waals surface area contributed by atoms with Gasteiger partial charge in [0.1, 0.15) is 6.07 Å². The lowest BCUT2D eigenvalue weighted by molar-refractivity contribution is 0.0999. The Morgan fingerprint density at radius 3 is 2.53 bits per heavy atom. The van der Waals surface area contributed by atoms with Crippen LogP contribution in [-0.4, -0.2) is 43.9 Å². The van der Waals surface area contributed by atoms with Crippen molar-refractivity contribution in [2.75, 3.05) is 26.8 Å². The first-order chi connectivity index (χ1) is 16.3. The third-order valence-electron chi connectivity index (χ3n) is 6.10. The van der Waals surface area contributed by atoms with Gasteiger partial charge in [-0.2, -0.15) is 15.8 Å². The molecule has 2 N–H and O–H groups in total. The first kappa shape index (κ1) is 24.5. The Bertz CT molecular complexity index is 1150. The van der Waals surface area contributed by atoms with Crippen molar-refractivity contribution in [1.82, 2.24) is 4.90 Å². The molecule has 0 unspecified atom stereocenters. The van der Waals surface area contributed by atoms with Crippen LogP contribution in [0.2, 0.25) is 0 Å². The summed E-state index contributed by atoms with van der Waals surface area (Å²) in [5.41, 5.74) is 5.77. The summed E-state index contributed by atoms with van der Waals surface area (Å²) in [6, 6.07) is 11.5. The Morgan fingerprint density at radius 2 is 1.97 bits per heavy atom. The monoisotopic (exact) mass is 461 g/mol. The summed E-state index contributed by atoms with van der Waals surface area (Å²) in [7, 11) is 1.51. The predicted molar refractivity (Wildman–Crippen MR) is 122 cm³/mol. The molecule has 1 amide bonds. The maximum atomic E-state index is 12.5. The SMILES string of the molecule is CCOC(=O)N1CC=C2C(C#N)=C(N)C(C#N)(C#N)[C@@H](c3ccc(OC(C)C)c(OC)c3)[C@H]2C1. The molecule has 0 radical (unpaired) electrons. The summed E-state index contributed by atoms with van der Waals surface area (Å²) in [5, 5.41) is 30.3. The summed E-state index contributed by atoms with van der Waals surface area (Å²) < 4.78 is 16.5. The van der Waals surface area contributed by atoms with E-state index in [1.807, 2.05) is 13.8 Å². The zero-order chi connectivity index (χ0) is 25.0. The average Bonchev–Trinajstić information content (AvgIpc) is 2.83. The van der Waals surface area contributed by atoms with Gasteiger partial charge < -0.3 is 24.8 Å². The fraction of sp³-hybridized carbons (Fsp3) is 0.440. The van der Waals surface area contributed by atoms with E-state index in [-0.39, 0.29) is 37.1 Å². The van der Waals surface area contributed by atoms with Gasteiger partial charge in [0, 0.05) is 24.9 Å². The van der Waals surface area contributed by atoms with E-state index in [0.717, 1.165) is 0 Å². The number of benzene rings is 1. The molecule has 176 valence electrons. The van der Waals surface area contributed by atoms with E-state index in [9.17, 15) is 20.6 Å². The van der Waals surface area contributed by atoms with Crippen molar-refractivity contribution in [3.8, 4) is 29.7 Å². The highest BCUT2D eigenvalue weighted by molar-refractivity contribution is 5.69. The second-order valence-corrected chi connectivity index (χ2v) is 8.36. The average molecular weight is 462 g/mol. The van der Waals surface area contributed by atoms with E-state index in [1.54, 1.807) is 31.2 Å². The normalized spacial score (nSPS) is 20.9. The van der Waals surface area contributed by atoms with Gasteiger partial charge in [0.2, 0.25) is 0 Å². The number of amides is 1. The highest BCUT2D eigenvalue weighted by Crippen LogP contribution is 2.54. The number of allylic oxidation sites excluding steroid dienone is 2. The van der Waals surface area contributed by atoms with Crippen LogP contribution in [0.4, 0.5) is 4.79 Å². The molecule has 3 rings (SSSR count). The maximum absolute atomic E-state index is 12.5. The molecule has 1 heterocycles. The summed E-state index contributed by atoms with van der Waals surface area (Å²) in [6.07, 6.45) is 1.15. The highest BCUT2D eigenvalue weighted by atomic mass is 16.6. The van der Waals surface area contributed by atoms with E-state index in [0.29, 0.717) is 22.6 Å². The molecule has 1 aromatic rings. The van der Waals surface area contributed by atoms with Gasteiger partial charge in [-0.25, -0.2) is 4.79 Å². The zero-order valence-corrected chi connectivity index (χ0v) is 19.7. The van der Waals surface area contributed by atoms with E-state index in [2.05, 4.69) is 18.2 Å². The molecule has 9 heteroatoms. The lowest BCUT2D eigenvalue weighted by atomic mass is 9.58. The van der Waals surface area contributed by atoms with Crippen molar-refractivity contribution in [3.05, 3.63) is 46.7 Å². The van der Waals surface area contributed by atoms with E-state index < -0.39 is 23.3 Å². The van der Waals surface area contributed by atoms with Gasteiger partial charge in [-0.1, -0.05) is 12.1 Å². The second-order valence-electron chi connectivity index (χ2n) is 8.36. The minimum atomic E-state index is -1.82. The number of nitrogens with zero attached hydrogens (tertiary/aromatic N) is 4. The van der Waals surface area contributed by atoms with Crippen molar-refractivity contribution in [3.63, 3.8) is 0 Å². The van der Waals surface area contributed by atoms with Crippen LogP contribution in [0.1, 0.15) is 32.3 Å². The molecule has 0 bridgehead atoms. The third-order valence-corrected chi connectivity index (χ3v) is 6.10. The van der Waals surface area contributed by atoms with Crippen LogP contribution >= 0.6 is 0 Å². The van der Waals surface area contributed by atoms with Crippen molar-refractivity contribution in [1.29, 1.82) is 15.8 Å². The lowest BCUT2D eigenvalue weighted by Gasteiger charge is -2.45. The van der Waals surface area contributed by atoms with Gasteiger partial charge in [0.15, 0.2) is 16.9 Å². The molecule has 9 nitrogen and oxygen atoms in total. The van der Waals surface area contributed by atoms with Crippen molar-refractivity contribution < 1.29 is 19.0 Å². The Morgan fingerprint density at radius 1 is 1.26 bits per heavy atom. The fourth-order valence-electron chi connectivity index (χ4n) is 4.65. The van der Waals surface area contributed by atoms with E-state index in [4.69, 9.17) is 19.9 Å². The summed E-state index contributed by atoms with van der Waals surface area (Å²) in [4.78, 5) is 14.0. The smallest absolute Gasteiger partial charge is 0.410 e. The highest BCUT2D eigenvalue weighted by Gasteiger charge is 2.55. The molecule has 0 fully saturated rings. The predicted octanol–water partition coefficient (Wildman–Crippen LogP) is 3.36. The third kappa shape index (κ3) is 4.00. The molecular formula is C25H27N5O4. The van der Waals surface area contributed by atoms with Crippen LogP contribution in [0.25, 0.3) is 0 Å². The summed E-state index contributed by atoms with van der Waals surface area (Å²) in [5.74, 6) is -0.357. The Hall–Kier alpha value is -4.16. The number of methoxy groups -OCH3 is 1. The molecule has 34 heavy (non-hydrogen) atoms. The van der Waals surface area contributed by atoms with Crippen LogP contribution in [0.3, 0.4) is 0 Å². The minimum absolute atomic E-state index is 0.0847. The molecule has 0 spiro atoms. The standard InChI is InChI=1S/C25H27N5O4/c1-5-33-24(31)30-9-8-17-18(11-26)23(29)25(13-27,14-28)22(19(17)12-30)16-6-7-20(34-15(2)3)21(10-16)32-4/h6-8,10,15,19,22H,5,9,12,29H2,1-4H3/t19-,22-/m0/s1. The first-order valence-electron chi connectivity index (χ1n) is 11.0. The van der Waals surface area contributed by atoms with Crippen LogP contribution in [0, 0.1) is 45.3 Å². The van der Waals surface area contributed by atoms with Crippen LogP contribution in [0.15, 0.2) is 41.1 Å². The summed E-state index contributed by atoms with van der Waals surface area (Å²) in [6.45, 7) is 6.10. The van der Waals surface area contributed by atoms with Crippen molar-refractivity contribution in [2.45, 2.75) is 32.8 Å². The van der Waals surface area contributed by atoms with Crippen molar-refractivity contribution >= 4 is 6.09 Å². The number of hydrogen-bond acceptors (Lipinski definition) is 8. The largest absolute Gasteiger partial charge is 0.493 e. The lowest BCUT2D eigenvalue weighted by Crippen LogP contribution is -2.49. The fourth-order valence-corrected chi connectivity index (χ4v) is 4.65. The summed E-state index contributed by atoms with van der Waals surface area (Å²) >= 11 is 0. The number of carbonyl (C=O) groups is 1. The van der Waals surface area contributed by atoms with Gasteiger partial charge in [-0.3, -0.25) is 0 Å². The number of rotatable bonds is 5. The van der Waals surface area contributed by atoms with Gasteiger partial charge in [-0.05, 0) is 44.0 Å². The topological polar surface area (TPSA) is 145 Å². The quantitative estimate of drug-likeness (QED) is 0.702. The number of nitriles is 3. The van der Waals surface area contributed by atoms with Crippen LogP contribution in [0.5, 0.6) is 11.5 Å². The van der Waals surface area contributed by atoms with Gasteiger partial charge >= 0.3 is 6.09 Å². The molecule has 0 aromatic heterocycles. The molecule has 2 aliphatic rings. The molecule has 1 aliphatic heterocycles. The van der Waals surface area contributed by atoms with Gasteiger partial charge in [0.25, 0.3) is 0 Å². The number of nitrogens with two attached hydrogens (primary N) is 1. The second kappa shape index (κ2) is 9.77. The minimum Gasteiger partial charge on any atom is -0.493 e. The Balaban J connectivity index is 2.23. The van der Waals surface area contributed by atoms with Gasteiger partial charge in [0.05, 0.1) is 43.2 Å². The molecule has 0 saturated carbocycles. The Labute approximate surface area is 199 Å². The molecule has 1 aromatic carbocycles. The van der Waals surface area contributed by atoms with Gasteiger partial charge in [-0.15, -0.1) is 0 Å². The Kier molecular flexibility index (Phi) is 7.03. The zero-order valence-electron chi connectivity index (χ0n) is 19.7. The first-order valence-corrected chi connectivity index (χ1v) is 11.0. The molecule has 2 atom stereocenters. The molecular weight excluding hydrogens is 434 g/mol. The number of ether oxygens (including phenoxy) is 3. The number of hydrogen-bond donors (Lipinski definition) is 1. The molecule has 1 aliphatic carbocycles.